The van der Waals surface area contributed by atoms with Gasteiger partial charge in [-0.05, 0) is 18.8 Å². The van der Waals surface area contributed by atoms with Crippen LogP contribution in [0, 0.1) is 5.92 Å². The maximum Gasteiger partial charge on any atom is 0.278 e. The van der Waals surface area contributed by atoms with Gasteiger partial charge in [-0.2, -0.15) is 5.10 Å². The number of aromatic amines is 1. The lowest BCUT2D eigenvalue weighted by Gasteiger charge is -2.36. The van der Waals surface area contributed by atoms with E-state index < -0.39 is 6.61 Å². The number of aliphatic hydroxyl groups excluding tert-OH is 1. The zero-order valence-corrected chi connectivity index (χ0v) is 21.7. The molecule has 0 aromatic carbocycles. The van der Waals surface area contributed by atoms with Crippen LogP contribution in [0.3, 0.4) is 0 Å². The van der Waals surface area contributed by atoms with Crippen LogP contribution >= 0.6 is 0 Å². The molecule has 3 heterocycles. The van der Waals surface area contributed by atoms with Gasteiger partial charge < -0.3 is 14.9 Å². The summed E-state index contributed by atoms with van der Waals surface area (Å²) in [7, 11) is 1.80. The van der Waals surface area contributed by atoms with Gasteiger partial charge in [-0.15, -0.1) is 0 Å². The Morgan fingerprint density at radius 3 is 2.46 bits per heavy atom. The third kappa shape index (κ3) is 5.86. The number of hydrogen-bond donors (Lipinski definition) is 2. The fourth-order valence-electron chi connectivity index (χ4n) is 5.37. The third-order valence-corrected chi connectivity index (χ3v) is 7.44. The van der Waals surface area contributed by atoms with E-state index in [0.717, 1.165) is 38.4 Å². The normalized spacial score (nSPS) is 18.4. The summed E-state index contributed by atoms with van der Waals surface area (Å²) in [5, 5.41) is 13.8. The third-order valence-electron chi connectivity index (χ3n) is 7.44. The minimum absolute atomic E-state index is 0.153. The Bertz CT molecular complexity index is 1070. The number of anilines is 1. The Balaban J connectivity index is 1.57. The molecule has 2 fully saturated rings. The van der Waals surface area contributed by atoms with Crippen molar-refractivity contribution in [2.24, 2.45) is 13.0 Å². The minimum atomic E-state index is -0.429. The summed E-state index contributed by atoms with van der Waals surface area (Å²) in [4.78, 5) is 39.3. The van der Waals surface area contributed by atoms with Crippen LogP contribution in [0.1, 0.15) is 58.6 Å². The van der Waals surface area contributed by atoms with E-state index in [1.807, 2.05) is 0 Å². The van der Waals surface area contributed by atoms with Crippen LogP contribution in [-0.4, -0.2) is 93.0 Å². The Morgan fingerprint density at radius 2 is 1.83 bits per heavy atom. The fraction of sp³-hybridized carbons (Fsp3) is 0.760. The molecular formula is C25H41N7O3. The maximum absolute atomic E-state index is 13.1. The SMILES string of the molecule is Cn1nc(C(C)(C)C)c2nc(N(CCN3CCN(C(=O)CO)CC3)CC3CCCCC3)[nH]c(=O)c21. The van der Waals surface area contributed by atoms with Gasteiger partial charge in [0, 0.05) is 58.3 Å². The van der Waals surface area contributed by atoms with Crippen molar-refractivity contribution in [1.82, 2.24) is 29.5 Å². The summed E-state index contributed by atoms with van der Waals surface area (Å²) < 4.78 is 1.64. The first-order valence-corrected chi connectivity index (χ1v) is 13.0. The van der Waals surface area contributed by atoms with Crippen LogP contribution in [-0.2, 0) is 17.3 Å². The standard InChI is InChI=1S/C25H41N7O3/c1-25(2,3)22-20-21(29(4)28-22)23(35)27-24(26-20)32(16-18-8-6-5-7-9-18)15-12-30-10-13-31(14-11-30)19(34)17-33/h18,33H,5-17H2,1-4H3,(H,26,27,35). The van der Waals surface area contributed by atoms with Gasteiger partial charge in [-0.1, -0.05) is 40.0 Å². The maximum atomic E-state index is 13.1. The van der Waals surface area contributed by atoms with Crippen molar-refractivity contribution in [3.63, 3.8) is 0 Å². The Labute approximate surface area is 207 Å². The highest BCUT2D eigenvalue weighted by molar-refractivity contribution is 5.79. The average molecular weight is 488 g/mol. The van der Waals surface area contributed by atoms with E-state index in [9.17, 15) is 9.59 Å². The van der Waals surface area contributed by atoms with E-state index in [1.54, 1.807) is 16.6 Å². The highest BCUT2D eigenvalue weighted by Gasteiger charge is 2.27. The van der Waals surface area contributed by atoms with Crippen LogP contribution in [0.15, 0.2) is 4.79 Å². The number of hydrogen-bond acceptors (Lipinski definition) is 7. The van der Waals surface area contributed by atoms with Crippen molar-refractivity contribution >= 4 is 22.9 Å². The van der Waals surface area contributed by atoms with Gasteiger partial charge in [0.1, 0.15) is 12.1 Å². The van der Waals surface area contributed by atoms with Crippen LogP contribution in [0.25, 0.3) is 11.0 Å². The Hall–Kier alpha value is -2.46. The summed E-state index contributed by atoms with van der Waals surface area (Å²) >= 11 is 0. The lowest BCUT2D eigenvalue weighted by molar-refractivity contribution is -0.135. The van der Waals surface area contributed by atoms with E-state index in [1.165, 1.54) is 32.1 Å². The molecule has 1 amide bonds. The molecule has 1 saturated carbocycles. The number of piperazine rings is 1. The lowest BCUT2D eigenvalue weighted by Crippen LogP contribution is -2.51. The van der Waals surface area contributed by atoms with Gasteiger partial charge in [0.2, 0.25) is 11.9 Å². The van der Waals surface area contributed by atoms with Crippen LogP contribution < -0.4 is 10.5 Å². The smallest absolute Gasteiger partial charge is 0.278 e. The van der Waals surface area contributed by atoms with Gasteiger partial charge in [0.15, 0.2) is 5.52 Å². The number of aliphatic hydroxyl groups is 1. The first-order chi connectivity index (χ1) is 16.7. The monoisotopic (exact) mass is 487 g/mol. The molecule has 2 N–H and O–H groups in total. The van der Waals surface area contributed by atoms with Crippen LogP contribution in [0.2, 0.25) is 0 Å². The van der Waals surface area contributed by atoms with E-state index in [0.29, 0.717) is 36.0 Å². The number of aromatic nitrogens is 4. The highest BCUT2D eigenvalue weighted by atomic mass is 16.3. The van der Waals surface area contributed by atoms with Gasteiger partial charge in [-0.25, -0.2) is 4.98 Å². The fourth-order valence-corrected chi connectivity index (χ4v) is 5.37. The largest absolute Gasteiger partial charge is 0.387 e. The Morgan fingerprint density at radius 1 is 1.14 bits per heavy atom. The molecule has 2 aromatic rings. The zero-order chi connectivity index (χ0) is 25.2. The number of rotatable bonds is 7. The number of nitrogens with one attached hydrogen (secondary N) is 1. The van der Waals surface area contributed by atoms with Gasteiger partial charge in [0.05, 0.1) is 5.69 Å². The number of H-pyrrole nitrogens is 1. The molecule has 1 aliphatic heterocycles. The molecule has 0 unspecified atom stereocenters. The highest BCUT2D eigenvalue weighted by Crippen LogP contribution is 2.29. The van der Waals surface area contributed by atoms with Crippen molar-refractivity contribution in [3.8, 4) is 0 Å². The minimum Gasteiger partial charge on any atom is -0.387 e. The molecule has 0 spiro atoms. The van der Waals surface area contributed by atoms with Crippen molar-refractivity contribution < 1.29 is 9.90 Å². The number of amides is 1. The predicted octanol–water partition coefficient (Wildman–Crippen LogP) is 1.48. The molecule has 2 aliphatic rings. The summed E-state index contributed by atoms with van der Waals surface area (Å²) in [6.07, 6.45) is 6.26. The molecule has 10 heteroatoms. The number of nitrogens with zero attached hydrogens (tertiary/aromatic N) is 6. The van der Waals surface area contributed by atoms with Crippen molar-refractivity contribution in [1.29, 1.82) is 0 Å². The van der Waals surface area contributed by atoms with Crippen LogP contribution in [0.4, 0.5) is 5.95 Å². The molecule has 4 rings (SSSR count). The topological polar surface area (TPSA) is 111 Å². The second kappa shape index (κ2) is 10.7. The first-order valence-electron chi connectivity index (χ1n) is 13.0. The van der Waals surface area contributed by atoms with Crippen molar-refractivity contribution in [2.45, 2.75) is 58.3 Å². The number of fused-ring (bicyclic) bond motifs is 1. The summed E-state index contributed by atoms with van der Waals surface area (Å²) in [5.74, 6) is 1.02. The van der Waals surface area contributed by atoms with Gasteiger partial charge in [-0.3, -0.25) is 24.2 Å². The molecule has 1 saturated heterocycles. The number of carbonyl (C=O) groups excluding carboxylic acids is 1. The Kier molecular flexibility index (Phi) is 7.80. The molecule has 0 radical (unpaired) electrons. The predicted molar refractivity (Wildman–Crippen MR) is 137 cm³/mol. The lowest BCUT2D eigenvalue weighted by atomic mass is 9.89. The number of aryl methyl sites for hydroxylation is 1. The summed E-state index contributed by atoms with van der Waals surface area (Å²) in [6.45, 7) is 11.1. The van der Waals surface area contributed by atoms with E-state index in [-0.39, 0.29) is 16.9 Å². The molecule has 35 heavy (non-hydrogen) atoms. The second-order valence-corrected chi connectivity index (χ2v) is 11.1. The quantitative estimate of drug-likeness (QED) is 0.609. The average Bonchev–Trinajstić information content (AvgIpc) is 3.19. The second-order valence-electron chi connectivity index (χ2n) is 11.1. The molecule has 0 bridgehead atoms. The molecule has 10 nitrogen and oxygen atoms in total. The molecular weight excluding hydrogens is 446 g/mol. The van der Waals surface area contributed by atoms with Crippen molar-refractivity contribution in [3.05, 3.63) is 16.0 Å². The van der Waals surface area contributed by atoms with E-state index >= 15 is 0 Å². The summed E-state index contributed by atoms with van der Waals surface area (Å²) in [6, 6.07) is 0. The zero-order valence-electron chi connectivity index (χ0n) is 21.7. The van der Waals surface area contributed by atoms with Gasteiger partial charge >= 0.3 is 0 Å². The molecule has 2 aromatic heterocycles. The van der Waals surface area contributed by atoms with E-state index in [4.69, 9.17) is 10.1 Å². The molecule has 194 valence electrons. The van der Waals surface area contributed by atoms with E-state index in [2.05, 4.69) is 40.7 Å². The summed E-state index contributed by atoms with van der Waals surface area (Å²) in [5.41, 5.74) is 1.66. The molecule has 0 atom stereocenters. The number of carbonyl (C=O) groups is 1. The van der Waals surface area contributed by atoms with Crippen LogP contribution in [0.5, 0.6) is 0 Å². The first kappa shape index (κ1) is 25.6. The van der Waals surface area contributed by atoms with Gasteiger partial charge in [0.25, 0.3) is 5.56 Å². The van der Waals surface area contributed by atoms with Crippen molar-refractivity contribution in [2.75, 3.05) is 57.3 Å². The molecule has 1 aliphatic carbocycles.